The number of aliphatic carboxylic acids is 2. The van der Waals surface area contributed by atoms with Crippen LogP contribution in [0, 0.1) is 0 Å². The van der Waals surface area contributed by atoms with Crippen LogP contribution in [0.15, 0.2) is 0 Å². The van der Waals surface area contributed by atoms with Crippen molar-refractivity contribution in [3.63, 3.8) is 0 Å². The van der Waals surface area contributed by atoms with Gasteiger partial charge in [0.05, 0.1) is 12.5 Å². The van der Waals surface area contributed by atoms with Crippen molar-refractivity contribution in [2.24, 2.45) is 17.2 Å². The molecule has 0 saturated carbocycles. The predicted octanol–water partition coefficient (Wildman–Crippen LogP) is -3.64. The fourth-order valence-corrected chi connectivity index (χ4v) is 3.42. The van der Waals surface area contributed by atoms with Gasteiger partial charge in [0.15, 0.2) is 0 Å². The molecule has 15 heteroatoms. The Morgan fingerprint density at radius 3 is 1.91 bits per heavy atom. The number of carbonyl (C=O) groups excluding carboxylic acids is 5. The number of nitrogens with one attached hydrogen (secondary N) is 2. The van der Waals surface area contributed by atoms with Gasteiger partial charge in [-0.3, -0.25) is 28.8 Å². The minimum Gasteiger partial charge on any atom is -0.481 e. The highest BCUT2D eigenvalue weighted by atomic mass is 16.4. The van der Waals surface area contributed by atoms with Gasteiger partial charge in [-0.1, -0.05) is 0 Å². The summed E-state index contributed by atoms with van der Waals surface area (Å²) in [6.45, 7) is 0.130. The summed E-state index contributed by atoms with van der Waals surface area (Å²) >= 11 is 0. The third-order valence-electron chi connectivity index (χ3n) is 5.16. The first-order valence-electron chi connectivity index (χ1n) is 10.5. The number of primary amides is 2. The van der Waals surface area contributed by atoms with Gasteiger partial charge in [0.2, 0.25) is 29.5 Å². The molecular formula is C19H30N6O9. The Labute approximate surface area is 194 Å². The molecule has 190 valence electrons. The van der Waals surface area contributed by atoms with Gasteiger partial charge in [-0.2, -0.15) is 0 Å². The van der Waals surface area contributed by atoms with Crippen molar-refractivity contribution in [3.8, 4) is 0 Å². The summed E-state index contributed by atoms with van der Waals surface area (Å²) in [5.74, 6) is -6.79. The molecule has 1 saturated heterocycles. The SMILES string of the molecule is NC(=O)CCC(NC(=O)C(N)CC(=O)O)C(=O)NC(CCC(N)=O)C(=O)N1CCCC1C(=O)O. The number of likely N-dealkylation sites (tertiary alicyclic amines) is 1. The second kappa shape index (κ2) is 13.1. The zero-order chi connectivity index (χ0) is 26.0. The predicted molar refractivity (Wildman–Crippen MR) is 113 cm³/mol. The number of carboxylic acid groups (broad SMARTS) is 2. The van der Waals surface area contributed by atoms with Crippen LogP contribution in [0.1, 0.15) is 44.9 Å². The van der Waals surface area contributed by atoms with Crippen LogP contribution in [-0.4, -0.2) is 87.3 Å². The number of nitrogens with two attached hydrogens (primary N) is 3. The van der Waals surface area contributed by atoms with E-state index in [1.54, 1.807) is 0 Å². The van der Waals surface area contributed by atoms with E-state index >= 15 is 0 Å². The van der Waals surface area contributed by atoms with Crippen LogP contribution >= 0.6 is 0 Å². The summed E-state index contributed by atoms with van der Waals surface area (Å²) in [5, 5.41) is 22.7. The first kappa shape index (κ1) is 28.3. The van der Waals surface area contributed by atoms with Crippen LogP contribution in [-0.2, 0) is 33.6 Å². The van der Waals surface area contributed by atoms with Gasteiger partial charge >= 0.3 is 11.9 Å². The molecule has 0 spiro atoms. The van der Waals surface area contributed by atoms with E-state index < -0.39 is 72.1 Å². The summed E-state index contributed by atoms with van der Waals surface area (Å²) in [7, 11) is 0. The standard InChI is InChI=1S/C19H30N6O9/c20-9(8-15(28)29)16(30)23-10(3-5-13(21)26)17(31)24-11(4-6-14(22)27)18(32)25-7-1-2-12(25)19(33)34/h9-12H,1-8,20H2,(H2,21,26)(H2,22,27)(H,23,30)(H,24,31)(H,28,29)(H,33,34). The average Bonchev–Trinajstić information content (AvgIpc) is 3.22. The maximum atomic E-state index is 13.0. The molecule has 0 aromatic rings. The molecule has 1 fully saturated rings. The van der Waals surface area contributed by atoms with E-state index in [0.29, 0.717) is 6.42 Å². The van der Waals surface area contributed by atoms with E-state index in [4.69, 9.17) is 22.3 Å². The molecule has 1 rings (SSSR count). The van der Waals surface area contributed by atoms with Crippen LogP contribution in [0.4, 0.5) is 0 Å². The van der Waals surface area contributed by atoms with E-state index in [0.717, 1.165) is 4.90 Å². The lowest BCUT2D eigenvalue weighted by Crippen LogP contribution is -2.57. The van der Waals surface area contributed by atoms with E-state index in [1.165, 1.54) is 0 Å². The van der Waals surface area contributed by atoms with E-state index in [9.17, 15) is 38.7 Å². The quantitative estimate of drug-likeness (QED) is 0.126. The Kier molecular flexibility index (Phi) is 10.9. The van der Waals surface area contributed by atoms with Gasteiger partial charge in [-0.15, -0.1) is 0 Å². The van der Waals surface area contributed by atoms with Crippen LogP contribution in [0.3, 0.4) is 0 Å². The van der Waals surface area contributed by atoms with E-state index in [-0.39, 0.29) is 38.6 Å². The zero-order valence-corrected chi connectivity index (χ0v) is 18.4. The summed E-state index contributed by atoms with van der Waals surface area (Å²) in [5.41, 5.74) is 15.7. The normalized spacial score (nSPS) is 17.8. The monoisotopic (exact) mass is 486 g/mol. The lowest BCUT2D eigenvalue weighted by Gasteiger charge is -2.28. The molecule has 0 aliphatic carbocycles. The number of amides is 5. The summed E-state index contributed by atoms with van der Waals surface area (Å²) in [4.78, 5) is 83.8. The smallest absolute Gasteiger partial charge is 0.326 e. The van der Waals surface area contributed by atoms with E-state index in [1.807, 2.05) is 0 Å². The highest BCUT2D eigenvalue weighted by molar-refractivity contribution is 5.95. The van der Waals surface area contributed by atoms with Gasteiger partial charge < -0.3 is 42.9 Å². The molecule has 4 atom stereocenters. The molecule has 10 N–H and O–H groups in total. The number of nitrogens with zero attached hydrogens (tertiary/aromatic N) is 1. The van der Waals surface area contributed by atoms with Gasteiger partial charge in [-0.05, 0) is 25.7 Å². The minimum absolute atomic E-state index is 0.130. The molecule has 34 heavy (non-hydrogen) atoms. The molecule has 1 aliphatic rings. The molecule has 0 radical (unpaired) electrons. The fourth-order valence-electron chi connectivity index (χ4n) is 3.42. The van der Waals surface area contributed by atoms with Gasteiger partial charge in [0, 0.05) is 19.4 Å². The summed E-state index contributed by atoms with van der Waals surface area (Å²) < 4.78 is 0. The van der Waals surface area contributed by atoms with Gasteiger partial charge in [-0.25, -0.2) is 4.79 Å². The molecule has 15 nitrogen and oxygen atoms in total. The Morgan fingerprint density at radius 1 is 0.882 bits per heavy atom. The largest absolute Gasteiger partial charge is 0.481 e. The maximum absolute atomic E-state index is 13.0. The zero-order valence-electron chi connectivity index (χ0n) is 18.4. The van der Waals surface area contributed by atoms with Crippen molar-refractivity contribution < 1.29 is 43.8 Å². The van der Waals surface area contributed by atoms with Crippen molar-refractivity contribution >= 4 is 41.5 Å². The second-order valence-electron chi connectivity index (χ2n) is 7.86. The highest BCUT2D eigenvalue weighted by Crippen LogP contribution is 2.19. The van der Waals surface area contributed by atoms with Crippen molar-refractivity contribution in [1.29, 1.82) is 0 Å². The fraction of sp³-hybridized carbons (Fsp3) is 0.632. The first-order chi connectivity index (χ1) is 15.8. The van der Waals surface area contributed by atoms with Crippen molar-refractivity contribution in [2.75, 3.05) is 6.54 Å². The molecule has 5 amide bonds. The van der Waals surface area contributed by atoms with Crippen molar-refractivity contribution in [1.82, 2.24) is 15.5 Å². The Morgan fingerprint density at radius 2 is 1.41 bits per heavy atom. The molecule has 0 bridgehead atoms. The van der Waals surface area contributed by atoms with Crippen LogP contribution in [0.2, 0.25) is 0 Å². The maximum Gasteiger partial charge on any atom is 0.326 e. The average molecular weight is 486 g/mol. The molecular weight excluding hydrogens is 456 g/mol. The van der Waals surface area contributed by atoms with Crippen LogP contribution in [0.25, 0.3) is 0 Å². The Balaban J connectivity index is 3.05. The number of carbonyl (C=O) groups is 7. The minimum atomic E-state index is -1.49. The van der Waals surface area contributed by atoms with Crippen molar-refractivity contribution in [2.45, 2.75) is 69.1 Å². The number of hydrogen-bond donors (Lipinski definition) is 7. The second-order valence-corrected chi connectivity index (χ2v) is 7.86. The third-order valence-corrected chi connectivity index (χ3v) is 5.16. The lowest BCUT2D eigenvalue weighted by atomic mass is 10.1. The molecule has 4 unspecified atom stereocenters. The summed E-state index contributed by atoms with van der Waals surface area (Å²) in [6.07, 6.45) is -1.23. The number of rotatable bonds is 14. The molecule has 0 aromatic carbocycles. The molecule has 1 heterocycles. The molecule has 1 aliphatic heterocycles. The highest BCUT2D eigenvalue weighted by Gasteiger charge is 2.38. The lowest BCUT2D eigenvalue weighted by molar-refractivity contribution is -0.149. The Hall–Kier alpha value is -3.75. The third kappa shape index (κ3) is 9.01. The molecule has 0 aromatic heterocycles. The van der Waals surface area contributed by atoms with Crippen LogP contribution < -0.4 is 27.8 Å². The first-order valence-corrected chi connectivity index (χ1v) is 10.5. The van der Waals surface area contributed by atoms with E-state index in [2.05, 4.69) is 10.6 Å². The van der Waals surface area contributed by atoms with Gasteiger partial charge in [0.1, 0.15) is 18.1 Å². The Bertz CT molecular complexity index is 833. The van der Waals surface area contributed by atoms with Crippen LogP contribution in [0.5, 0.6) is 0 Å². The van der Waals surface area contributed by atoms with Crippen molar-refractivity contribution in [3.05, 3.63) is 0 Å². The summed E-state index contributed by atoms with van der Waals surface area (Å²) in [6, 6.07) is -5.35. The topological polar surface area (TPSA) is 265 Å². The number of carboxylic acids is 2. The number of hydrogen-bond acceptors (Lipinski definition) is 8. The van der Waals surface area contributed by atoms with Gasteiger partial charge in [0.25, 0.3) is 0 Å².